The van der Waals surface area contributed by atoms with E-state index in [1.807, 2.05) is 0 Å². The Morgan fingerprint density at radius 1 is 1.61 bits per heavy atom. The third-order valence-electron chi connectivity index (χ3n) is 2.30. The van der Waals surface area contributed by atoms with Crippen LogP contribution < -0.4 is 0 Å². The normalized spacial score (nSPS) is 10.3. The molecule has 0 saturated carbocycles. The van der Waals surface area contributed by atoms with Crippen LogP contribution in [0.5, 0.6) is 0 Å². The number of furan rings is 1. The molecule has 0 radical (unpaired) electrons. The average Bonchev–Trinajstić information content (AvgIpc) is 2.97. The first kappa shape index (κ1) is 11.9. The van der Waals surface area contributed by atoms with Crippen molar-refractivity contribution in [2.24, 2.45) is 0 Å². The molecule has 18 heavy (non-hydrogen) atoms. The van der Waals surface area contributed by atoms with Crippen molar-refractivity contribution in [1.82, 2.24) is 4.98 Å². The molecule has 7 heteroatoms. The number of aromatic nitrogens is 1. The molecule has 2 heterocycles. The smallest absolute Gasteiger partial charge is 0.355 e. The molecule has 7 nitrogen and oxygen atoms in total. The lowest BCUT2D eigenvalue weighted by molar-refractivity contribution is -0.384. The third kappa shape index (κ3) is 1.97. The zero-order valence-electron chi connectivity index (χ0n) is 9.50. The molecule has 0 aliphatic heterocycles. The van der Waals surface area contributed by atoms with Gasteiger partial charge in [-0.2, -0.15) is 0 Å². The topological polar surface area (TPSA) is 98.4 Å². The van der Waals surface area contributed by atoms with Gasteiger partial charge in [-0.15, -0.1) is 0 Å². The summed E-state index contributed by atoms with van der Waals surface area (Å²) in [5.41, 5.74) is -0.116. The van der Waals surface area contributed by atoms with Crippen LogP contribution in [0, 0.1) is 10.1 Å². The second-order valence-electron chi connectivity index (χ2n) is 3.38. The summed E-state index contributed by atoms with van der Waals surface area (Å²) in [4.78, 5) is 24.5. The molecule has 2 rings (SSSR count). The van der Waals surface area contributed by atoms with Crippen LogP contribution in [-0.4, -0.2) is 22.5 Å². The van der Waals surface area contributed by atoms with Crippen LogP contribution in [-0.2, 0) is 4.74 Å². The number of esters is 1. The first-order valence-corrected chi connectivity index (χ1v) is 5.22. The molecule has 0 bridgehead atoms. The van der Waals surface area contributed by atoms with E-state index in [0.29, 0.717) is 0 Å². The predicted octanol–water partition coefficient (Wildman–Crippen LogP) is 2.36. The molecule has 2 aromatic heterocycles. The highest BCUT2D eigenvalue weighted by atomic mass is 16.6. The van der Waals surface area contributed by atoms with Crippen molar-refractivity contribution >= 4 is 11.7 Å². The summed E-state index contributed by atoms with van der Waals surface area (Å²) < 4.78 is 9.93. The lowest BCUT2D eigenvalue weighted by Crippen LogP contribution is -2.06. The molecule has 2 aromatic rings. The molecule has 0 amide bonds. The first-order chi connectivity index (χ1) is 8.65. The van der Waals surface area contributed by atoms with Crippen LogP contribution in [0.3, 0.4) is 0 Å². The third-order valence-corrected chi connectivity index (χ3v) is 2.30. The minimum atomic E-state index is -0.656. The van der Waals surface area contributed by atoms with Gasteiger partial charge in [-0.25, -0.2) is 4.79 Å². The van der Waals surface area contributed by atoms with E-state index in [1.54, 1.807) is 19.1 Å². The summed E-state index contributed by atoms with van der Waals surface area (Å²) in [6, 6.07) is 3.12. The number of nitrogens with one attached hydrogen (secondary N) is 1. The summed E-state index contributed by atoms with van der Waals surface area (Å²) in [6.45, 7) is 1.84. The van der Waals surface area contributed by atoms with E-state index in [2.05, 4.69) is 4.98 Å². The predicted molar refractivity (Wildman–Crippen MR) is 61.1 cm³/mol. The Kier molecular flexibility index (Phi) is 3.13. The highest BCUT2D eigenvalue weighted by Gasteiger charge is 2.28. The van der Waals surface area contributed by atoms with E-state index in [4.69, 9.17) is 9.15 Å². The summed E-state index contributed by atoms with van der Waals surface area (Å²) in [5.74, 6) is -0.414. The first-order valence-electron chi connectivity index (χ1n) is 5.22. The SMILES string of the molecule is CCOC(=O)c1[nH]cc([N+](=O)[O-])c1-c1ccco1. The molecular formula is C11H10N2O5. The van der Waals surface area contributed by atoms with Gasteiger partial charge >= 0.3 is 5.97 Å². The van der Waals surface area contributed by atoms with Gasteiger partial charge in [-0.05, 0) is 19.1 Å². The minimum absolute atomic E-state index is 0.0125. The van der Waals surface area contributed by atoms with Gasteiger partial charge in [0, 0.05) is 0 Å². The number of carbonyl (C=O) groups excluding carboxylic acids is 1. The Balaban J connectivity index is 2.55. The van der Waals surface area contributed by atoms with Gasteiger partial charge in [0.2, 0.25) is 0 Å². The van der Waals surface area contributed by atoms with Crippen molar-refractivity contribution in [3.63, 3.8) is 0 Å². The van der Waals surface area contributed by atoms with Gasteiger partial charge in [0.1, 0.15) is 17.0 Å². The Bertz CT molecular complexity index is 570. The number of aromatic amines is 1. The van der Waals surface area contributed by atoms with E-state index in [9.17, 15) is 14.9 Å². The number of carbonyl (C=O) groups is 1. The second-order valence-corrected chi connectivity index (χ2v) is 3.38. The molecular weight excluding hydrogens is 240 g/mol. The number of nitrogens with zero attached hydrogens (tertiary/aromatic N) is 1. The lowest BCUT2D eigenvalue weighted by atomic mass is 10.1. The van der Waals surface area contributed by atoms with Gasteiger partial charge in [-0.1, -0.05) is 0 Å². The molecule has 0 aliphatic rings. The number of hydrogen-bond donors (Lipinski definition) is 1. The summed E-state index contributed by atoms with van der Waals surface area (Å²) in [5, 5.41) is 10.9. The number of nitro groups is 1. The van der Waals surface area contributed by atoms with E-state index in [0.717, 1.165) is 6.20 Å². The van der Waals surface area contributed by atoms with E-state index in [-0.39, 0.29) is 29.3 Å². The molecule has 0 spiro atoms. The Labute approximate surface area is 102 Å². The van der Waals surface area contributed by atoms with Gasteiger partial charge in [0.25, 0.3) is 5.69 Å². The van der Waals surface area contributed by atoms with E-state index >= 15 is 0 Å². The Morgan fingerprint density at radius 2 is 2.39 bits per heavy atom. The Morgan fingerprint density at radius 3 is 2.94 bits per heavy atom. The van der Waals surface area contributed by atoms with Crippen molar-refractivity contribution in [3.8, 4) is 11.3 Å². The fourth-order valence-corrected chi connectivity index (χ4v) is 1.59. The van der Waals surface area contributed by atoms with Crippen molar-refractivity contribution in [2.45, 2.75) is 6.92 Å². The second kappa shape index (κ2) is 4.74. The lowest BCUT2D eigenvalue weighted by Gasteiger charge is -2.01. The molecule has 0 aromatic carbocycles. The number of rotatable bonds is 4. The maximum Gasteiger partial charge on any atom is 0.355 e. The molecule has 0 unspecified atom stereocenters. The van der Waals surface area contributed by atoms with Crippen LogP contribution in [0.2, 0.25) is 0 Å². The number of ether oxygens (including phenoxy) is 1. The van der Waals surface area contributed by atoms with Crippen molar-refractivity contribution in [3.05, 3.63) is 40.4 Å². The van der Waals surface area contributed by atoms with Crippen LogP contribution in [0.4, 0.5) is 5.69 Å². The maximum atomic E-state index is 11.7. The Hall–Kier alpha value is -2.57. The van der Waals surface area contributed by atoms with Gasteiger partial charge in [-0.3, -0.25) is 10.1 Å². The van der Waals surface area contributed by atoms with Crippen molar-refractivity contribution < 1.29 is 18.9 Å². The quantitative estimate of drug-likeness (QED) is 0.510. The maximum absolute atomic E-state index is 11.7. The highest BCUT2D eigenvalue weighted by Crippen LogP contribution is 2.33. The molecule has 0 fully saturated rings. The number of hydrogen-bond acceptors (Lipinski definition) is 5. The zero-order valence-corrected chi connectivity index (χ0v) is 9.50. The largest absolute Gasteiger partial charge is 0.464 e. The molecule has 1 N–H and O–H groups in total. The fourth-order valence-electron chi connectivity index (χ4n) is 1.59. The van der Waals surface area contributed by atoms with Crippen LogP contribution in [0.1, 0.15) is 17.4 Å². The molecule has 0 saturated heterocycles. The van der Waals surface area contributed by atoms with Crippen molar-refractivity contribution in [1.29, 1.82) is 0 Å². The van der Waals surface area contributed by atoms with E-state index < -0.39 is 10.9 Å². The minimum Gasteiger partial charge on any atom is -0.464 e. The van der Waals surface area contributed by atoms with Gasteiger partial charge in [0.15, 0.2) is 0 Å². The number of H-pyrrole nitrogens is 1. The molecule has 0 atom stereocenters. The monoisotopic (exact) mass is 250 g/mol. The molecule has 0 aliphatic carbocycles. The summed E-state index contributed by atoms with van der Waals surface area (Å²) in [6.07, 6.45) is 2.52. The van der Waals surface area contributed by atoms with Gasteiger partial charge < -0.3 is 14.1 Å². The average molecular weight is 250 g/mol. The van der Waals surface area contributed by atoms with Gasteiger partial charge in [0.05, 0.1) is 24.0 Å². The zero-order chi connectivity index (χ0) is 13.1. The fraction of sp³-hybridized carbons (Fsp3) is 0.182. The van der Waals surface area contributed by atoms with E-state index in [1.165, 1.54) is 6.26 Å². The standard InChI is InChI=1S/C11H10N2O5/c1-2-17-11(14)10-9(8-4-3-5-18-8)7(6-12-10)13(15)16/h3-6,12H,2H2,1H3. The van der Waals surface area contributed by atoms with Crippen LogP contribution in [0.25, 0.3) is 11.3 Å². The van der Waals surface area contributed by atoms with Crippen LogP contribution in [0.15, 0.2) is 29.0 Å². The molecule has 94 valence electrons. The van der Waals surface area contributed by atoms with Crippen LogP contribution >= 0.6 is 0 Å². The van der Waals surface area contributed by atoms with Crippen molar-refractivity contribution in [2.75, 3.05) is 6.61 Å². The highest BCUT2D eigenvalue weighted by molar-refractivity contribution is 5.97. The summed E-state index contributed by atoms with van der Waals surface area (Å²) in [7, 11) is 0. The summed E-state index contributed by atoms with van der Waals surface area (Å²) >= 11 is 0.